The van der Waals surface area contributed by atoms with Gasteiger partial charge >= 0.3 is 0 Å². The third-order valence-corrected chi connectivity index (χ3v) is 4.43. The number of hydrogen-bond acceptors (Lipinski definition) is 2. The molecule has 2 saturated carbocycles. The first-order valence-corrected chi connectivity index (χ1v) is 7.52. The highest BCUT2D eigenvalue weighted by Crippen LogP contribution is 2.48. The van der Waals surface area contributed by atoms with Crippen LogP contribution < -0.4 is 5.32 Å². The lowest BCUT2D eigenvalue weighted by Crippen LogP contribution is -2.26. The smallest absolute Gasteiger partial charge is 0.0597 e. The van der Waals surface area contributed by atoms with E-state index in [2.05, 4.69) is 35.0 Å². The van der Waals surface area contributed by atoms with E-state index in [1.807, 2.05) is 0 Å². The Morgan fingerprint density at radius 2 is 2.00 bits per heavy atom. The van der Waals surface area contributed by atoms with Gasteiger partial charge in [-0.1, -0.05) is 0 Å². The van der Waals surface area contributed by atoms with E-state index in [-0.39, 0.29) is 0 Å². The fourth-order valence-electron chi connectivity index (χ4n) is 3.15. The second-order valence-corrected chi connectivity index (χ2v) is 6.06. The van der Waals surface area contributed by atoms with Crippen molar-refractivity contribution in [3.63, 3.8) is 0 Å². The van der Waals surface area contributed by atoms with Crippen LogP contribution in [0.3, 0.4) is 0 Å². The van der Waals surface area contributed by atoms with Crippen molar-refractivity contribution in [1.82, 2.24) is 15.1 Å². The van der Waals surface area contributed by atoms with E-state index < -0.39 is 0 Å². The van der Waals surface area contributed by atoms with E-state index in [1.54, 1.807) is 0 Å². The van der Waals surface area contributed by atoms with Crippen molar-refractivity contribution >= 4 is 0 Å². The van der Waals surface area contributed by atoms with Gasteiger partial charge in [-0.05, 0) is 69.9 Å². The van der Waals surface area contributed by atoms with Gasteiger partial charge in [-0.3, -0.25) is 4.68 Å². The predicted octanol–water partition coefficient (Wildman–Crippen LogP) is 2.74. The molecular formula is C15H25N3. The summed E-state index contributed by atoms with van der Waals surface area (Å²) in [5.41, 5.74) is 2.47. The molecule has 3 heteroatoms. The molecule has 1 aromatic rings. The quantitative estimate of drug-likeness (QED) is 0.803. The predicted molar refractivity (Wildman–Crippen MR) is 73.3 cm³/mol. The minimum absolute atomic E-state index is 0.962. The lowest BCUT2D eigenvalue weighted by atomic mass is 9.98. The van der Waals surface area contributed by atoms with Crippen LogP contribution in [0.25, 0.3) is 0 Å². The highest BCUT2D eigenvalue weighted by atomic mass is 15.3. The van der Waals surface area contributed by atoms with Crippen molar-refractivity contribution in [2.75, 3.05) is 6.54 Å². The van der Waals surface area contributed by atoms with Crippen molar-refractivity contribution in [2.24, 2.45) is 17.8 Å². The van der Waals surface area contributed by atoms with Gasteiger partial charge in [0, 0.05) is 13.1 Å². The summed E-state index contributed by atoms with van der Waals surface area (Å²) >= 11 is 0. The molecule has 100 valence electrons. The Kier molecular flexibility index (Phi) is 3.42. The number of nitrogens with one attached hydrogen (secondary N) is 1. The van der Waals surface area contributed by atoms with Gasteiger partial charge in [-0.15, -0.1) is 0 Å². The highest BCUT2D eigenvalue weighted by Gasteiger charge is 2.40. The van der Waals surface area contributed by atoms with Crippen molar-refractivity contribution in [3.8, 4) is 0 Å². The van der Waals surface area contributed by atoms with Crippen LogP contribution in [-0.4, -0.2) is 16.3 Å². The number of rotatable bonds is 7. The Labute approximate surface area is 110 Å². The zero-order chi connectivity index (χ0) is 12.5. The molecule has 0 aromatic carbocycles. The van der Waals surface area contributed by atoms with Crippen LogP contribution in [0.15, 0.2) is 6.07 Å². The van der Waals surface area contributed by atoms with Crippen molar-refractivity contribution in [1.29, 1.82) is 0 Å². The number of aryl methyl sites for hydroxylation is 2. The SMILES string of the molecule is CCn1nc(C)cc1CNCC(C1CC1)C1CC1. The van der Waals surface area contributed by atoms with E-state index in [9.17, 15) is 0 Å². The maximum atomic E-state index is 4.50. The molecule has 3 rings (SSSR count). The summed E-state index contributed by atoms with van der Waals surface area (Å²) in [6.45, 7) is 7.40. The van der Waals surface area contributed by atoms with E-state index in [1.165, 1.54) is 37.9 Å². The molecule has 0 spiro atoms. The summed E-state index contributed by atoms with van der Waals surface area (Å²) in [4.78, 5) is 0. The fraction of sp³-hybridized carbons (Fsp3) is 0.800. The molecule has 1 aromatic heterocycles. The van der Waals surface area contributed by atoms with Crippen LogP contribution in [0.1, 0.15) is 44.0 Å². The zero-order valence-electron chi connectivity index (χ0n) is 11.7. The lowest BCUT2D eigenvalue weighted by Gasteiger charge is -2.16. The number of hydrogen-bond donors (Lipinski definition) is 1. The molecule has 2 aliphatic rings. The van der Waals surface area contributed by atoms with E-state index >= 15 is 0 Å². The molecule has 0 unspecified atom stereocenters. The fourth-order valence-corrected chi connectivity index (χ4v) is 3.15. The second-order valence-electron chi connectivity index (χ2n) is 6.06. The van der Waals surface area contributed by atoms with Gasteiger partial charge in [-0.25, -0.2) is 0 Å². The zero-order valence-corrected chi connectivity index (χ0v) is 11.7. The minimum Gasteiger partial charge on any atom is -0.311 e. The Morgan fingerprint density at radius 3 is 2.56 bits per heavy atom. The molecular weight excluding hydrogens is 222 g/mol. The molecule has 2 aliphatic carbocycles. The number of aromatic nitrogens is 2. The Balaban J connectivity index is 1.50. The van der Waals surface area contributed by atoms with Gasteiger partial charge < -0.3 is 5.32 Å². The number of nitrogens with zero attached hydrogens (tertiary/aromatic N) is 2. The average molecular weight is 247 g/mol. The topological polar surface area (TPSA) is 29.9 Å². The first-order valence-electron chi connectivity index (χ1n) is 7.52. The van der Waals surface area contributed by atoms with Gasteiger partial charge in [-0.2, -0.15) is 5.10 Å². The molecule has 0 amide bonds. The van der Waals surface area contributed by atoms with Crippen molar-refractivity contribution in [3.05, 3.63) is 17.5 Å². The van der Waals surface area contributed by atoms with E-state index in [4.69, 9.17) is 0 Å². The first kappa shape index (κ1) is 12.2. The van der Waals surface area contributed by atoms with Gasteiger partial charge in [0.1, 0.15) is 0 Å². The normalized spacial score (nSPS) is 19.7. The summed E-state index contributed by atoms with van der Waals surface area (Å²) in [6, 6.07) is 2.21. The Bertz CT molecular complexity index is 390. The van der Waals surface area contributed by atoms with Crippen LogP contribution in [0, 0.1) is 24.7 Å². The third-order valence-electron chi connectivity index (χ3n) is 4.43. The average Bonchev–Trinajstić information content (AvgIpc) is 3.23. The molecule has 0 saturated heterocycles. The Morgan fingerprint density at radius 1 is 1.33 bits per heavy atom. The van der Waals surface area contributed by atoms with Crippen molar-refractivity contribution in [2.45, 2.75) is 52.6 Å². The minimum atomic E-state index is 0.962. The van der Waals surface area contributed by atoms with E-state index in [0.717, 1.165) is 36.5 Å². The van der Waals surface area contributed by atoms with Crippen molar-refractivity contribution < 1.29 is 0 Å². The molecule has 1 heterocycles. The van der Waals surface area contributed by atoms with Gasteiger partial charge in [0.25, 0.3) is 0 Å². The largest absolute Gasteiger partial charge is 0.311 e. The van der Waals surface area contributed by atoms with Crippen LogP contribution in [-0.2, 0) is 13.1 Å². The first-order chi connectivity index (χ1) is 8.78. The molecule has 18 heavy (non-hydrogen) atoms. The van der Waals surface area contributed by atoms with Gasteiger partial charge in [0.15, 0.2) is 0 Å². The van der Waals surface area contributed by atoms with Gasteiger partial charge in [0.05, 0.1) is 11.4 Å². The van der Waals surface area contributed by atoms with Gasteiger partial charge in [0.2, 0.25) is 0 Å². The van der Waals surface area contributed by atoms with Crippen LogP contribution in [0.4, 0.5) is 0 Å². The molecule has 3 nitrogen and oxygen atoms in total. The summed E-state index contributed by atoms with van der Waals surface area (Å²) < 4.78 is 2.12. The summed E-state index contributed by atoms with van der Waals surface area (Å²) in [5.74, 6) is 3.05. The highest BCUT2D eigenvalue weighted by molar-refractivity contribution is 5.08. The Hall–Kier alpha value is -0.830. The van der Waals surface area contributed by atoms with Crippen LogP contribution in [0.5, 0.6) is 0 Å². The van der Waals surface area contributed by atoms with Crippen LogP contribution in [0.2, 0.25) is 0 Å². The molecule has 0 bridgehead atoms. The standard InChI is InChI=1S/C15H25N3/c1-3-18-14(8-11(2)17-18)9-16-10-15(12-4-5-12)13-6-7-13/h8,12-13,15-16H,3-7,9-10H2,1-2H3. The molecule has 0 aliphatic heterocycles. The summed E-state index contributed by atoms with van der Waals surface area (Å²) in [6.07, 6.45) is 5.92. The molecule has 0 atom stereocenters. The molecule has 2 fully saturated rings. The second kappa shape index (κ2) is 5.04. The summed E-state index contributed by atoms with van der Waals surface area (Å²) in [5, 5.41) is 8.17. The monoisotopic (exact) mass is 247 g/mol. The lowest BCUT2D eigenvalue weighted by molar-refractivity contribution is 0.375. The molecule has 0 radical (unpaired) electrons. The van der Waals surface area contributed by atoms with E-state index in [0.29, 0.717) is 0 Å². The van der Waals surface area contributed by atoms with Crippen LogP contribution >= 0.6 is 0 Å². The maximum absolute atomic E-state index is 4.50. The third kappa shape index (κ3) is 2.77. The molecule has 1 N–H and O–H groups in total. The summed E-state index contributed by atoms with van der Waals surface area (Å²) in [7, 11) is 0. The maximum Gasteiger partial charge on any atom is 0.0597 e.